The number of thiophene rings is 1. The largest absolute Gasteiger partial charge is 0.499 e. The van der Waals surface area contributed by atoms with Gasteiger partial charge in [-0.05, 0) is 22.2 Å². The molecule has 2 amide bonds. The maximum absolute atomic E-state index is 12.8. The van der Waals surface area contributed by atoms with Gasteiger partial charge < -0.3 is 20.6 Å². The second-order valence-corrected chi connectivity index (χ2v) is 10.1. The SMILES string of the molecule is O=C(O)CC(Sc1nn[nH]n1)C1=C(C(=O)O)N2C(=O)C(NC(=O)Cc3ccsc3O)[C@@H]2SC1. The number of hydrogen-bond donors (Lipinski definition) is 5. The summed E-state index contributed by atoms with van der Waals surface area (Å²) in [7, 11) is 0. The van der Waals surface area contributed by atoms with Crippen LogP contribution in [0.15, 0.2) is 27.9 Å². The van der Waals surface area contributed by atoms with Crippen LogP contribution in [0.3, 0.4) is 0 Å². The summed E-state index contributed by atoms with van der Waals surface area (Å²) in [6.45, 7) is 0. The van der Waals surface area contributed by atoms with E-state index in [0.717, 1.165) is 28.0 Å². The number of β-lactam (4-membered cyclic amide) rings is 1. The molecule has 2 aromatic heterocycles. The van der Waals surface area contributed by atoms with Gasteiger partial charge in [-0.25, -0.2) is 4.79 Å². The first-order valence-corrected chi connectivity index (χ1v) is 12.1. The molecule has 2 unspecified atom stereocenters. The van der Waals surface area contributed by atoms with E-state index in [0.29, 0.717) is 5.56 Å². The van der Waals surface area contributed by atoms with Crippen LogP contribution in [0.25, 0.3) is 0 Å². The Kier molecular flexibility index (Phi) is 6.57. The third-order valence-electron chi connectivity index (χ3n) is 4.91. The topological polar surface area (TPSA) is 199 Å². The normalized spacial score (nSPS) is 20.7. The zero-order valence-corrected chi connectivity index (χ0v) is 18.9. The van der Waals surface area contributed by atoms with Gasteiger partial charge in [0.1, 0.15) is 17.1 Å². The summed E-state index contributed by atoms with van der Waals surface area (Å²) in [6.07, 6.45) is -0.533. The van der Waals surface area contributed by atoms with E-state index in [1.54, 1.807) is 11.4 Å². The molecule has 2 aliphatic heterocycles. The first-order valence-electron chi connectivity index (χ1n) is 9.34. The molecule has 1 saturated heterocycles. The third kappa shape index (κ3) is 4.67. The van der Waals surface area contributed by atoms with Crippen molar-refractivity contribution in [1.29, 1.82) is 0 Å². The van der Waals surface area contributed by atoms with Crippen LogP contribution in [0, 0.1) is 0 Å². The predicted octanol–water partition coefficient (Wildman–Crippen LogP) is -0.116. The highest BCUT2D eigenvalue weighted by Crippen LogP contribution is 2.44. The Morgan fingerprint density at radius 3 is 2.76 bits per heavy atom. The third-order valence-corrected chi connectivity index (χ3v) is 8.09. The molecule has 4 rings (SSSR count). The van der Waals surface area contributed by atoms with Gasteiger partial charge in [0.2, 0.25) is 11.1 Å². The number of carbonyl (C=O) groups excluding carboxylic acids is 2. The monoisotopic (exact) mass is 512 g/mol. The first kappa shape index (κ1) is 23.1. The van der Waals surface area contributed by atoms with Crippen LogP contribution in [-0.4, -0.2) is 87.0 Å². The Morgan fingerprint density at radius 2 is 2.15 bits per heavy atom. The average molecular weight is 513 g/mol. The van der Waals surface area contributed by atoms with E-state index in [2.05, 4.69) is 25.9 Å². The minimum Gasteiger partial charge on any atom is -0.499 e. The highest BCUT2D eigenvalue weighted by atomic mass is 32.2. The molecular weight excluding hydrogens is 496 g/mol. The molecule has 13 nitrogen and oxygen atoms in total. The number of H-pyrrole nitrogens is 1. The van der Waals surface area contributed by atoms with Crippen molar-refractivity contribution in [3.05, 3.63) is 28.3 Å². The number of rotatable bonds is 9. The lowest BCUT2D eigenvalue weighted by molar-refractivity contribution is -0.150. The summed E-state index contributed by atoms with van der Waals surface area (Å²) >= 11 is 3.24. The minimum absolute atomic E-state index is 0.0167. The van der Waals surface area contributed by atoms with Crippen LogP contribution >= 0.6 is 34.9 Å². The van der Waals surface area contributed by atoms with Crippen molar-refractivity contribution in [2.75, 3.05) is 5.75 Å². The molecule has 2 aromatic rings. The van der Waals surface area contributed by atoms with Crippen molar-refractivity contribution >= 4 is 58.6 Å². The molecule has 1 fully saturated rings. The fourth-order valence-corrected chi connectivity index (χ4v) is 6.65. The van der Waals surface area contributed by atoms with Gasteiger partial charge in [0.05, 0.1) is 12.8 Å². The maximum Gasteiger partial charge on any atom is 0.352 e. The van der Waals surface area contributed by atoms with Gasteiger partial charge in [-0.1, -0.05) is 11.8 Å². The standard InChI is InChI=1S/C17H16N6O7S3/c24-9(3-6-1-2-31-16(6)30)18-11-13(27)23-12(15(28)29)7(5-32-14(11)23)8(4-10(25)26)33-17-19-21-22-20-17/h1-2,8,11,14,30H,3-5H2,(H,18,24)(H,25,26)(H,28,29)(H,19,20,21,22)/t8?,11?,14-/m0/s1. The van der Waals surface area contributed by atoms with Crippen molar-refractivity contribution in [1.82, 2.24) is 30.8 Å². The molecule has 16 heteroatoms. The predicted molar refractivity (Wildman–Crippen MR) is 115 cm³/mol. The fraction of sp³-hybridized carbons (Fsp3) is 0.353. The summed E-state index contributed by atoms with van der Waals surface area (Å²) in [4.78, 5) is 49.7. The zero-order chi connectivity index (χ0) is 23.7. The molecule has 0 aliphatic carbocycles. The van der Waals surface area contributed by atoms with Crippen molar-refractivity contribution < 1.29 is 34.5 Å². The second kappa shape index (κ2) is 9.40. The first-order chi connectivity index (χ1) is 15.8. The molecule has 4 heterocycles. The lowest BCUT2D eigenvalue weighted by Gasteiger charge is -2.50. The molecule has 0 spiro atoms. The number of hydrogen-bond acceptors (Lipinski definition) is 11. The summed E-state index contributed by atoms with van der Waals surface area (Å²) in [5, 5.41) is 45.0. The molecule has 2 aliphatic rings. The number of tetrazole rings is 1. The van der Waals surface area contributed by atoms with Gasteiger partial charge in [0.15, 0.2) is 5.06 Å². The average Bonchev–Trinajstić information content (AvgIpc) is 3.42. The number of nitrogens with one attached hydrogen (secondary N) is 2. The van der Waals surface area contributed by atoms with E-state index in [-0.39, 0.29) is 33.7 Å². The quantitative estimate of drug-likeness (QED) is 0.221. The lowest BCUT2D eigenvalue weighted by atomic mass is 10.00. The molecule has 33 heavy (non-hydrogen) atoms. The van der Waals surface area contributed by atoms with Crippen LogP contribution in [-0.2, 0) is 25.6 Å². The molecule has 0 bridgehead atoms. The number of aromatic nitrogens is 4. The number of carboxylic acids is 2. The Labute approximate surface area is 197 Å². The highest BCUT2D eigenvalue weighted by molar-refractivity contribution is 8.01. The van der Waals surface area contributed by atoms with Crippen LogP contribution < -0.4 is 5.32 Å². The smallest absolute Gasteiger partial charge is 0.352 e. The number of thioether (sulfide) groups is 2. The Morgan fingerprint density at radius 1 is 1.36 bits per heavy atom. The summed E-state index contributed by atoms with van der Waals surface area (Å²) in [5.74, 6) is -3.48. The molecule has 0 saturated carbocycles. The van der Waals surface area contributed by atoms with E-state index in [9.17, 15) is 34.5 Å². The van der Waals surface area contributed by atoms with E-state index >= 15 is 0 Å². The fourth-order valence-electron chi connectivity index (χ4n) is 3.47. The summed E-state index contributed by atoms with van der Waals surface area (Å²) in [6, 6.07) is 0.674. The van der Waals surface area contributed by atoms with Crippen LogP contribution in [0.4, 0.5) is 0 Å². The van der Waals surface area contributed by atoms with Gasteiger partial charge in [-0.15, -0.1) is 33.3 Å². The number of amides is 2. The lowest BCUT2D eigenvalue weighted by Crippen LogP contribution is -2.70. The van der Waals surface area contributed by atoms with Gasteiger partial charge >= 0.3 is 11.9 Å². The molecule has 0 aromatic carbocycles. The Balaban J connectivity index is 1.54. The number of fused-ring (bicyclic) bond motifs is 1. The van der Waals surface area contributed by atoms with E-state index < -0.39 is 46.8 Å². The number of aromatic hydroxyl groups is 1. The molecule has 174 valence electrons. The number of carbonyl (C=O) groups is 4. The van der Waals surface area contributed by atoms with E-state index in [4.69, 9.17) is 0 Å². The summed E-state index contributed by atoms with van der Waals surface area (Å²) in [5.41, 5.74) is 0.384. The van der Waals surface area contributed by atoms with Crippen LogP contribution in [0.5, 0.6) is 5.06 Å². The number of aliphatic carboxylic acids is 2. The Hall–Kier alpha value is -3.11. The van der Waals surface area contributed by atoms with Crippen molar-refractivity contribution in [3.63, 3.8) is 0 Å². The van der Waals surface area contributed by atoms with Crippen LogP contribution in [0.1, 0.15) is 12.0 Å². The summed E-state index contributed by atoms with van der Waals surface area (Å²) < 4.78 is 0. The maximum atomic E-state index is 12.8. The van der Waals surface area contributed by atoms with Gasteiger partial charge in [0.25, 0.3) is 5.91 Å². The van der Waals surface area contributed by atoms with Crippen LogP contribution in [0.2, 0.25) is 0 Å². The molecule has 5 N–H and O–H groups in total. The van der Waals surface area contributed by atoms with Gasteiger partial charge in [0, 0.05) is 16.6 Å². The van der Waals surface area contributed by atoms with Crippen molar-refractivity contribution in [2.24, 2.45) is 0 Å². The van der Waals surface area contributed by atoms with Crippen molar-refractivity contribution in [3.8, 4) is 5.06 Å². The zero-order valence-electron chi connectivity index (χ0n) is 16.5. The van der Waals surface area contributed by atoms with Gasteiger partial charge in [-0.3, -0.25) is 19.3 Å². The minimum atomic E-state index is -1.37. The highest BCUT2D eigenvalue weighted by Gasteiger charge is 2.55. The van der Waals surface area contributed by atoms with Crippen molar-refractivity contribution in [2.45, 2.75) is 34.7 Å². The second-order valence-electron chi connectivity index (χ2n) is 6.96. The number of aromatic amines is 1. The number of nitrogens with zero attached hydrogens (tertiary/aromatic N) is 4. The molecular formula is C17H16N6O7S3. The molecule has 3 atom stereocenters. The van der Waals surface area contributed by atoms with E-state index in [1.807, 2.05) is 0 Å². The Bertz CT molecular complexity index is 1130. The number of carboxylic acid groups (broad SMARTS) is 2. The molecule has 0 radical (unpaired) electrons. The van der Waals surface area contributed by atoms with E-state index in [1.165, 1.54) is 11.8 Å². The van der Waals surface area contributed by atoms with Gasteiger partial charge in [-0.2, -0.15) is 5.21 Å².